The number of hydrogen-bond acceptors (Lipinski definition) is 4. The molecule has 0 unspecified atom stereocenters. The lowest BCUT2D eigenvalue weighted by molar-refractivity contribution is -0.115. The first-order valence-corrected chi connectivity index (χ1v) is 9.29. The maximum absolute atomic E-state index is 12.5. The molecule has 3 amide bonds. The van der Waals surface area contributed by atoms with Crippen LogP contribution in [0.1, 0.15) is 26.3 Å². The zero-order valence-corrected chi connectivity index (χ0v) is 16.4. The summed E-state index contributed by atoms with van der Waals surface area (Å²) in [6.45, 7) is 0. The first kappa shape index (κ1) is 18.1. The number of benzene rings is 2. The molecule has 1 aromatic heterocycles. The van der Waals surface area contributed by atoms with Crippen LogP contribution in [0.4, 0.5) is 5.82 Å². The zero-order chi connectivity index (χ0) is 19.8. The molecule has 0 spiro atoms. The number of hydrogen-bond donors (Lipinski definition) is 1. The second-order valence-corrected chi connectivity index (χ2v) is 7.27. The van der Waals surface area contributed by atoms with Crippen LogP contribution in [0.2, 0.25) is 0 Å². The van der Waals surface area contributed by atoms with E-state index >= 15 is 0 Å². The summed E-state index contributed by atoms with van der Waals surface area (Å²) in [7, 11) is 1.43. The van der Waals surface area contributed by atoms with Crippen molar-refractivity contribution in [2.45, 2.75) is 6.42 Å². The zero-order valence-electron chi connectivity index (χ0n) is 14.8. The molecular formula is C20H15BrN4O3. The van der Waals surface area contributed by atoms with Crippen LogP contribution in [-0.4, -0.2) is 39.4 Å². The summed E-state index contributed by atoms with van der Waals surface area (Å²) in [5, 5.41) is 7.07. The van der Waals surface area contributed by atoms with Crippen molar-refractivity contribution >= 4 is 39.5 Å². The van der Waals surface area contributed by atoms with Gasteiger partial charge in [0.25, 0.3) is 11.8 Å². The molecule has 1 aliphatic heterocycles. The highest BCUT2D eigenvalue weighted by molar-refractivity contribution is 9.10. The maximum Gasteiger partial charge on any atom is 0.261 e. The predicted octanol–water partition coefficient (Wildman–Crippen LogP) is 3.04. The molecule has 0 saturated heterocycles. The SMILES string of the molecule is CN1C(=O)c2cccc(CC(=O)Nc3ccn(-c4ccc(Br)cc4)n3)c2C1=O. The molecule has 28 heavy (non-hydrogen) atoms. The molecule has 0 bridgehead atoms. The minimum atomic E-state index is -0.386. The van der Waals surface area contributed by atoms with E-state index in [1.165, 1.54) is 7.05 Å². The average Bonchev–Trinajstić information content (AvgIpc) is 3.22. The number of rotatable bonds is 4. The number of amides is 3. The Labute approximate surface area is 169 Å². The lowest BCUT2D eigenvalue weighted by atomic mass is 10.00. The van der Waals surface area contributed by atoms with E-state index in [1.54, 1.807) is 35.1 Å². The maximum atomic E-state index is 12.5. The number of halogens is 1. The van der Waals surface area contributed by atoms with E-state index in [2.05, 4.69) is 26.3 Å². The minimum absolute atomic E-state index is 0.0266. The number of anilines is 1. The fourth-order valence-corrected chi connectivity index (χ4v) is 3.37. The summed E-state index contributed by atoms with van der Waals surface area (Å²) in [6.07, 6.45) is 1.72. The summed E-state index contributed by atoms with van der Waals surface area (Å²) in [5.41, 5.74) is 2.00. The fourth-order valence-electron chi connectivity index (χ4n) is 3.11. The van der Waals surface area contributed by atoms with Crippen LogP contribution in [0.5, 0.6) is 0 Å². The predicted molar refractivity (Wildman–Crippen MR) is 106 cm³/mol. The Morgan fingerprint density at radius 3 is 2.57 bits per heavy atom. The molecule has 0 saturated carbocycles. The van der Waals surface area contributed by atoms with Gasteiger partial charge >= 0.3 is 0 Å². The highest BCUT2D eigenvalue weighted by Gasteiger charge is 2.34. The van der Waals surface area contributed by atoms with E-state index in [0.29, 0.717) is 22.5 Å². The molecular weight excluding hydrogens is 424 g/mol. The van der Waals surface area contributed by atoms with Gasteiger partial charge in [0.15, 0.2) is 5.82 Å². The van der Waals surface area contributed by atoms with E-state index in [-0.39, 0.29) is 24.1 Å². The van der Waals surface area contributed by atoms with Crippen molar-refractivity contribution in [1.82, 2.24) is 14.7 Å². The van der Waals surface area contributed by atoms with Gasteiger partial charge in [-0.15, -0.1) is 0 Å². The molecule has 0 aliphatic carbocycles. The number of fused-ring (bicyclic) bond motifs is 1. The van der Waals surface area contributed by atoms with Crippen LogP contribution in [0.15, 0.2) is 59.2 Å². The Balaban J connectivity index is 1.50. The number of carbonyl (C=O) groups is 3. The molecule has 2 aromatic carbocycles. The third-order valence-corrected chi connectivity index (χ3v) is 5.03. The van der Waals surface area contributed by atoms with Crippen LogP contribution in [-0.2, 0) is 11.2 Å². The molecule has 8 heteroatoms. The second-order valence-electron chi connectivity index (χ2n) is 6.36. The Kier molecular flexibility index (Phi) is 4.56. The van der Waals surface area contributed by atoms with Gasteiger partial charge in [-0.3, -0.25) is 19.3 Å². The number of nitrogens with one attached hydrogen (secondary N) is 1. The van der Waals surface area contributed by atoms with Gasteiger partial charge in [0, 0.05) is 23.8 Å². The van der Waals surface area contributed by atoms with Crippen LogP contribution in [0, 0.1) is 0 Å². The van der Waals surface area contributed by atoms with Crippen molar-refractivity contribution in [3.8, 4) is 5.69 Å². The molecule has 3 aromatic rings. The first-order chi connectivity index (χ1) is 13.4. The highest BCUT2D eigenvalue weighted by atomic mass is 79.9. The Morgan fingerprint density at radius 1 is 1.07 bits per heavy atom. The average molecular weight is 439 g/mol. The largest absolute Gasteiger partial charge is 0.309 e. The first-order valence-electron chi connectivity index (χ1n) is 8.50. The van der Waals surface area contributed by atoms with E-state index in [0.717, 1.165) is 15.1 Å². The van der Waals surface area contributed by atoms with E-state index in [4.69, 9.17) is 0 Å². The van der Waals surface area contributed by atoms with Crippen LogP contribution < -0.4 is 5.32 Å². The molecule has 4 rings (SSSR count). The van der Waals surface area contributed by atoms with Crippen molar-refractivity contribution in [2.75, 3.05) is 12.4 Å². The third kappa shape index (κ3) is 3.22. The Morgan fingerprint density at radius 2 is 1.82 bits per heavy atom. The van der Waals surface area contributed by atoms with E-state index in [1.807, 2.05) is 24.3 Å². The molecule has 1 N–H and O–H groups in total. The second kappa shape index (κ2) is 7.05. The number of carbonyl (C=O) groups excluding carboxylic acids is 3. The fraction of sp³-hybridized carbons (Fsp3) is 0.100. The van der Waals surface area contributed by atoms with Gasteiger partial charge in [0.1, 0.15) is 0 Å². The lowest BCUT2D eigenvalue weighted by Crippen LogP contribution is -2.24. The van der Waals surface area contributed by atoms with Crippen molar-refractivity contribution < 1.29 is 14.4 Å². The summed E-state index contributed by atoms with van der Waals surface area (Å²) in [4.78, 5) is 37.9. The minimum Gasteiger partial charge on any atom is -0.309 e. The third-order valence-electron chi connectivity index (χ3n) is 4.50. The van der Waals surface area contributed by atoms with Gasteiger partial charge in [-0.2, -0.15) is 5.10 Å². The molecule has 0 atom stereocenters. The standard InChI is InChI=1S/C20H15BrN4O3/c1-24-19(27)15-4-2-3-12(18(15)20(24)28)11-17(26)22-16-9-10-25(23-16)14-7-5-13(21)6-8-14/h2-10H,11H2,1H3,(H,22,23,26). The number of imide groups is 1. The molecule has 0 radical (unpaired) electrons. The van der Waals surface area contributed by atoms with Gasteiger partial charge in [-0.1, -0.05) is 28.1 Å². The van der Waals surface area contributed by atoms with Crippen LogP contribution >= 0.6 is 15.9 Å². The van der Waals surface area contributed by atoms with Gasteiger partial charge in [0.2, 0.25) is 5.91 Å². The van der Waals surface area contributed by atoms with E-state index < -0.39 is 0 Å². The monoisotopic (exact) mass is 438 g/mol. The Bertz CT molecular complexity index is 1100. The summed E-state index contributed by atoms with van der Waals surface area (Å²) < 4.78 is 2.62. The number of nitrogens with zero attached hydrogens (tertiary/aromatic N) is 3. The summed E-state index contributed by atoms with van der Waals surface area (Å²) >= 11 is 3.39. The lowest BCUT2D eigenvalue weighted by Gasteiger charge is -2.07. The quantitative estimate of drug-likeness (QED) is 0.634. The molecule has 0 fully saturated rings. The molecule has 1 aliphatic rings. The van der Waals surface area contributed by atoms with Crippen LogP contribution in [0.3, 0.4) is 0 Å². The van der Waals surface area contributed by atoms with Gasteiger partial charge in [-0.05, 0) is 35.9 Å². The highest BCUT2D eigenvalue weighted by Crippen LogP contribution is 2.25. The van der Waals surface area contributed by atoms with Crippen molar-refractivity contribution in [3.63, 3.8) is 0 Å². The number of aromatic nitrogens is 2. The van der Waals surface area contributed by atoms with Crippen molar-refractivity contribution in [3.05, 3.63) is 75.9 Å². The summed E-state index contributed by atoms with van der Waals surface area (Å²) in [6, 6.07) is 14.3. The smallest absolute Gasteiger partial charge is 0.261 e. The molecule has 2 heterocycles. The van der Waals surface area contributed by atoms with E-state index in [9.17, 15) is 14.4 Å². The topological polar surface area (TPSA) is 84.3 Å². The Hall–Kier alpha value is -3.26. The van der Waals surface area contributed by atoms with Gasteiger partial charge < -0.3 is 5.32 Å². The van der Waals surface area contributed by atoms with Gasteiger partial charge in [0.05, 0.1) is 23.2 Å². The normalized spacial score (nSPS) is 13.0. The summed E-state index contributed by atoms with van der Waals surface area (Å²) in [5.74, 6) is -0.650. The molecule has 140 valence electrons. The van der Waals surface area contributed by atoms with Gasteiger partial charge in [-0.25, -0.2) is 4.68 Å². The van der Waals surface area contributed by atoms with Crippen LogP contribution in [0.25, 0.3) is 5.69 Å². The molecule has 7 nitrogen and oxygen atoms in total. The van der Waals surface area contributed by atoms with Crippen molar-refractivity contribution in [2.24, 2.45) is 0 Å². The van der Waals surface area contributed by atoms with Crippen molar-refractivity contribution in [1.29, 1.82) is 0 Å².